The van der Waals surface area contributed by atoms with Crippen LogP contribution in [0, 0.1) is 0 Å². The molecular formula is C21H27ClO5PSi+. The molecule has 2 rings (SSSR count). The molecule has 0 aliphatic carbocycles. The van der Waals surface area contributed by atoms with Gasteiger partial charge in [0.05, 0.1) is 6.42 Å². The van der Waals surface area contributed by atoms with Crippen LogP contribution in [0.1, 0.15) is 27.2 Å². The van der Waals surface area contributed by atoms with Crippen molar-refractivity contribution in [3.8, 4) is 0 Å². The molecule has 1 unspecified atom stereocenters. The molecule has 156 valence electrons. The molecule has 0 fully saturated rings. The molecule has 2 aromatic carbocycles. The van der Waals surface area contributed by atoms with Crippen LogP contribution in [0.4, 0.5) is 0 Å². The highest BCUT2D eigenvalue weighted by atomic mass is 35.5. The molecule has 0 saturated carbocycles. The minimum Gasteiger partial charge on any atom is -0.481 e. The number of hydrogen-bond donors (Lipinski definition) is 1. The Balaban J connectivity index is 2.61. The van der Waals surface area contributed by atoms with Gasteiger partial charge in [-0.1, -0.05) is 93.0 Å². The average Bonchev–Trinajstić information content (AvgIpc) is 2.66. The largest absolute Gasteiger partial charge is 0.512 e. The third-order valence-corrected chi connectivity index (χ3v) is 11.2. The van der Waals surface area contributed by atoms with E-state index in [0.29, 0.717) is 0 Å². The van der Waals surface area contributed by atoms with E-state index in [1.807, 2.05) is 60.7 Å². The minimum absolute atomic E-state index is 0.0289. The topological polar surface area (TPSA) is 72.8 Å². The van der Waals surface area contributed by atoms with Gasteiger partial charge in [-0.3, -0.25) is 4.79 Å². The molecule has 29 heavy (non-hydrogen) atoms. The molecule has 0 aliphatic rings. The highest BCUT2D eigenvalue weighted by Crippen LogP contribution is 2.39. The fourth-order valence-corrected chi connectivity index (χ4v) is 9.45. The van der Waals surface area contributed by atoms with Gasteiger partial charge in [0.15, 0.2) is 6.07 Å². The van der Waals surface area contributed by atoms with Crippen LogP contribution < -0.4 is 10.4 Å². The number of carbonyl (C=O) groups is 1. The maximum absolute atomic E-state index is 12.2. The first-order valence-corrected chi connectivity index (χ1v) is 13.2. The molecule has 2 aromatic rings. The van der Waals surface area contributed by atoms with Gasteiger partial charge in [-0.05, 0) is 20.0 Å². The first-order valence-electron chi connectivity index (χ1n) is 9.35. The zero-order valence-corrected chi connectivity index (χ0v) is 19.5. The van der Waals surface area contributed by atoms with E-state index in [1.54, 1.807) is 0 Å². The van der Waals surface area contributed by atoms with Crippen molar-refractivity contribution >= 4 is 44.3 Å². The summed E-state index contributed by atoms with van der Waals surface area (Å²) in [6.45, 7) is 6.31. The van der Waals surface area contributed by atoms with Crippen molar-refractivity contribution in [1.82, 2.24) is 0 Å². The smallest absolute Gasteiger partial charge is 0.481 e. The SMILES string of the molecule is CC(C)(C)[Si](O[C@@H](CC(=O)O)C[P+](=O)OCCl)(c1ccccc1)c1ccccc1. The molecule has 2 atom stereocenters. The lowest BCUT2D eigenvalue weighted by Gasteiger charge is -2.44. The second-order valence-corrected chi connectivity index (χ2v) is 13.5. The zero-order valence-electron chi connectivity index (χ0n) is 16.9. The Bertz CT molecular complexity index is 771. The second kappa shape index (κ2) is 10.5. The number of carboxylic acids is 1. The lowest BCUT2D eigenvalue weighted by atomic mass is 10.2. The van der Waals surface area contributed by atoms with Crippen molar-refractivity contribution < 1.29 is 23.4 Å². The molecular weight excluding hydrogens is 427 g/mol. The van der Waals surface area contributed by atoms with Gasteiger partial charge >= 0.3 is 14.0 Å². The van der Waals surface area contributed by atoms with Crippen LogP contribution in [0.5, 0.6) is 0 Å². The molecule has 0 aliphatic heterocycles. The Hall–Kier alpha value is -1.56. The van der Waals surface area contributed by atoms with Crippen molar-refractivity contribution in [1.29, 1.82) is 0 Å². The summed E-state index contributed by atoms with van der Waals surface area (Å²) >= 11 is 5.53. The molecule has 0 aromatic heterocycles. The summed E-state index contributed by atoms with van der Waals surface area (Å²) in [5.74, 6) is -1.01. The van der Waals surface area contributed by atoms with E-state index in [1.165, 1.54) is 0 Å². The molecule has 0 bridgehead atoms. The van der Waals surface area contributed by atoms with Gasteiger partial charge in [0.2, 0.25) is 6.16 Å². The standard InChI is InChI=1S/C21H26ClO5PSi/c1-21(2,3)29(18-10-6-4-7-11-18,19-12-8-5-9-13-19)27-17(14-20(23)24)15-28(25)26-16-22/h4-13,17H,14-16H2,1-3H3/p+1/t17-/m0/s1. The van der Waals surface area contributed by atoms with Crippen LogP contribution >= 0.6 is 19.6 Å². The summed E-state index contributed by atoms with van der Waals surface area (Å²) in [6, 6.07) is 19.6. The maximum Gasteiger partial charge on any atom is 0.512 e. The van der Waals surface area contributed by atoms with E-state index in [0.717, 1.165) is 10.4 Å². The summed E-state index contributed by atoms with van der Waals surface area (Å²) in [4.78, 5) is 11.5. The Morgan fingerprint density at radius 3 is 1.93 bits per heavy atom. The van der Waals surface area contributed by atoms with Gasteiger partial charge in [0, 0.05) is 0 Å². The fourth-order valence-electron chi connectivity index (χ4n) is 3.55. The second-order valence-electron chi connectivity index (χ2n) is 7.75. The van der Waals surface area contributed by atoms with Crippen LogP contribution in [-0.4, -0.2) is 37.7 Å². The van der Waals surface area contributed by atoms with Crippen LogP contribution in [0.2, 0.25) is 5.04 Å². The van der Waals surface area contributed by atoms with Gasteiger partial charge in [0.25, 0.3) is 8.32 Å². The summed E-state index contributed by atoms with van der Waals surface area (Å²) < 4.78 is 24.0. The minimum atomic E-state index is -2.95. The molecule has 0 saturated heterocycles. The molecule has 1 N–H and O–H groups in total. The van der Waals surface area contributed by atoms with Crippen molar-refractivity contribution in [3.05, 3.63) is 60.7 Å². The lowest BCUT2D eigenvalue weighted by Crippen LogP contribution is -2.68. The Labute approximate surface area is 179 Å². The van der Waals surface area contributed by atoms with Crippen LogP contribution in [-0.2, 0) is 18.3 Å². The van der Waals surface area contributed by atoms with Crippen molar-refractivity contribution in [2.45, 2.75) is 38.3 Å². The molecule has 0 radical (unpaired) electrons. The molecule has 0 amide bonds. The summed E-state index contributed by atoms with van der Waals surface area (Å²) in [5, 5.41) is 11.2. The first-order chi connectivity index (χ1) is 13.7. The number of benzene rings is 2. The van der Waals surface area contributed by atoms with Gasteiger partial charge in [0.1, 0.15) is 6.10 Å². The maximum atomic E-state index is 12.2. The summed E-state index contributed by atoms with van der Waals surface area (Å²) in [5.41, 5.74) is 0. The number of rotatable bonds is 10. The predicted molar refractivity (Wildman–Crippen MR) is 119 cm³/mol. The van der Waals surface area contributed by atoms with E-state index >= 15 is 0 Å². The average molecular weight is 454 g/mol. The Morgan fingerprint density at radius 2 is 1.55 bits per heavy atom. The lowest BCUT2D eigenvalue weighted by molar-refractivity contribution is -0.138. The summed E-state index contributed by atoms with van der Waals surface area (Å²) in [7, 11) is -5.07. The van der Waals surface area contributed by atoms with Crippen molar-refractivity contribution in [2.24, 2.45) is 0 Å². The number of hydrogen-bond acceptors (Lipinski definition) is 4. The molecule has 0 heterocycles. The predicted octanol–water partition coefficient (Wildman–Crippen LogP) is 4.36. The van der Waals surface area contributed by atoms with Crippen molar-refractivity contribution in [2.75, 3.05) is 12.2 Å². The fraction of sp³-hybridized carbons (Fsp3) is 0.381. The van der Waals surface area contributed by atoms with Gasteiger partial charge < -0.3 is 9.53 Å². The molecule has 8 heteroatoms. The van der Waals surface area contributed by atoms with E-state index in [9.17, 15) is 14.5 Å². The van der Waals surface area contributed by atoms with Gasteiger partial charge in [-0.25, -0.2) is 0 Å². The quantitative estimate of drug-likeness (QED) is 0.328. The van der Waals surface area contributed by atoms with Crippen molar-refractivity contribution in [3.63, 3.8) is 0 Å². The third kappa shape index (κ3) is 5.97. The van der Waals surface area contributed by atoms with E-state index in [2.05, 4.69) is 20.8 Å². The first kappa shape index (κ1) is 23.7. The van der Waals surface area contributed by atoms with E-state index < -0.39 is 28.4 Å². The number of carboxylic acid groups (broad SMARTS) is 1. The molecule has 0 spiro atoms. The normalized spacial score (nSPS) is 13.7. The third-order valence-electron chi connectivity index (χ3n) is 4.71. The van der Waals surface area contributed by atoms with Crippen LogP contribution in [0.15, 0.2) is 60.7 Å². The number of aliphatic carboxylic acids is 1. The van der Waals surface area contributed by atoms with Gasteiger partial charge in [-0.15, -0.1) is 4.52 Å². The Kier molecular flexibility index (Phi) is 8.55. The monoisotopic (exact) mass is 453 g/mol. The van der Waals surface area contributed by atoms with Gasteiger partial charge in [-0.2, -0.15) is 0 Å². The van der Waals surface area contributed by atoms with Crippen LogP contribution in [0.25, 0.3) is 0 Å². The molecule has 5 nitrogen and oxygen atoms in total. The highest BCUT2D eigenvalue weighted by Gasteiger charge is 2.52. The van der Waals surface area contributed by atoms with E-state index in [4.69, 9.17) is 20.6 Å². The number of halogens is 1. The Morgan fingerprint density at radius 1 is 1.07 bits per heavy atom. The van der Waals surface area contributed by atoms with E-state index in [-0.39, 0.29) is 23.7 Å². The zero-order chi connectivity index (χ0) is 21.5. The highest BCUT2D eigenvalue weighted by molar-refractivity contribution is 7.39. The summed E-state index contributed by atoms with van der Waals surface area (Å²) in [6.07, 6.45) is -1.07. The number of alkyl halides is 1. The van der Waals surface area contributed by atoms with Crippen LogP contribution in [0.3, 0.4) is 0 Å².